The minimum atomic E-state index is -0.123. The molecule has 1 aromatic rings. The first-order valence-corrected chi connectivity index (χ1v) is 9.20. The summed E-state index contributed by atoms with van der Waals surface area (Å²) in [7, 11) is 0. The van der Waals surface area contributed by atoms with Crippen molar-refractivity contribution in [1.29, 1.82) is 0 Å². The second-order valence-electron chi connectivity index (χ2n) is 7.07. The highest BCUT2D eigenvalue weighted by Gasteiger charge is 2.30. The standard InChI is InChI=1S/C19H28N4O2.2ClH/c1-14(19(25)21-16-7-8-16)22-10-12-23(13-11-22)18(24)9-6-15-4-2-3-5-17(15)20;;/h2-5,14,16H,6-13,20H2,1H3,(H,21,25);2*1H. The summed E-state index contributed by atoms with van der Waals surface area (Å²) in [6.45, 7) is 4.82. The molecule has 0 aromatic heterocycles. The maximum Gasteiger partial charge on any atom is 0.237 e. The monoisotopic (exact) mass is 416 g/mol. The molecule has 1 aliphatic heterocycles. The number of nitrogens with two attached hydrogens (primary N) is 1. The van der Waals surface area contributed by atoms with Crippen LogP contribution in [0.2, 0.25) is 0 Å². The van der Waals surface area contributed by atoms with Crippen LogP contribution in [0.1, 0.15) is 31.7 Å². The van der Waals surface area contributed by atoms with Gasteiger partial charge in [0, 0.05) is 44.3 Å². The van der Waals surface area contributed by atoms with Crippen LogP contribution in [-0.2, 0) is 16.0 Å². The Bertz CT molecular complexity index is 632. The van der Waals surface area contributed by atoms with Gasteiger partial charge in [0.05, 0.1) is 6.04 Å². The van der Waals surface area contributed by atoms with E-state index in [0.717, 1.165) is 37.2 Å². The number of para-hydroxylation sites is 1. The number of carbonyl (C=O) groups excluding carboxylic acids is 2. The molecule has 6 nitrogen and oxygen atoms in total. The van der Waals surface area contributed by atoms with Gasteiger partial charge in [-0.2, -0.15) is 0 Å². The topological polar surface area (TPSA) is 78.7 Å². The average molecular weight is 417 g/mol. The van der Waals surface area contributed by atoms with Gasteiger partial charge in [-0.25, -0.2) is 0 Å². The normalized spacial score (nSPS) is 18.0. The zero-order chi connectivity index (χ0) is 17.8. The number of amides is 2. The van der Waals surface area contributed by atoms with Crippen LogP contribution in [0, 0.1) is 0 Å². The Morgan fingerprint density at radius 2 is 1.78 bits per heavy atom. The lowest BCUT2D eigenvalue weighted by Gasteiger charge is -2.37. The zero-order valence-corrected chi connectivity index (χ0v) is 17.4. The van der Waals surface area contributed by atoms with Crippen LogP contribution < -0.4 is 11.1 Å². The Kier molecular flexibility index (Phi) is 9.36. The fraction of sp³-hybridized carbons (Fsp3) is 0.579. The molecule has 1 heterocycles. The lowest BCUT2D eigenvalue weighted by atomic mass is 10.1. The van der Waals surface area contributed by atoms with Crippen LogP contribution in [-0.4, -0.2) is 59.9 Å². The number of hydrogen-bond donors (Lipinski definition) is 2. The summed E-state index contributed by atoms with van der Waals surface area (Å²) in [4.78, 5) is 28.7. The highest BCUT2D eigenvalue weighted by Crippen LogP contribution is 2.19. The summed E-state index contributed by atoms with van der Waals surface area (Å²) in [5.41, 5.74) is 7.71. The summed E-state index contributed by atoms with van der Waals surface area (Å²) in [5, 5.41) is 3.06. The number of nitrogens with one attached hydrogen (secondary N) is 1. The molecule has 3 N–H and O–H groups in total. The van der Waals surface area contributed by atoms with Crippen molar-refractivity contribution < 1.29 is 9.59 Å². The van der Waals surface area contributed by atoms with E-state index in [4.69, 9.17) is 5.73 Å². The summed E-state index contributed by atoms with van der Waals surface area (Å²) >= 11 is 0. The number of hydrogen-bond acceptors (Lipinski definition) is 4. The van der Waals surface area contributed by atoms with Gasteiger partial charge < -0.3 is 16.0 Å². The van der Waals surface area contributed by atoms with E-state index in [-0.39, 0.29) is 42.7 Å². The first-order valence-electron chi connectivity index (χ1n) is 9.20. The number of anilines is 1. The van der Waals surface area contributed by atoms with Gasteiger partial charge in [0.15, 0.2) is 0 Å². The fourth-order valence-electron chi connectivity index (χ4n) is 3.24. The summed E-state index contributed by atoms with van der Waals surface area (Å²) < 4.78 is 0. The molecular weight excluding hydrogens is 387 g/mol. The third-order valence-electron chi connectivity index (χ3n) is 5.18. The van der Waals surface area contributed by atoms with Crippen LogP contribution in [0.25, 0.3) is 0 Å². The third kappa shape index (κ3) is 6.55. The average Bonchev–Trinajstić information content (AvgIpc) is 3.44. The molecule has 0 spiro atoms. The molecule has 1 saturated heterocycles. The van der Waals surface area contributed by atoms with Gasteiger partial charge >= 0.3 is 0 Å². The van der Waals surface area contributed by atoms with Gasteiger partial charge in [-0.1, -0.05) is 18.2 Å². The maximum atomic E-state index is 12.4. The van der Waals surface area contributed by atoms with Gasteiger partial charge in [0.1, 0.15) is 0 Å². The molecule has 1 unspecified atom stereocenters. The molecule has 2 amide bonds. The number of carbonyl (C=O) groups is 2. The molecule has 8 heteroatoms. The number of aryl methyl sites for hydroxylation is 1. The number of nitrogen functional groups attached to an aromatic ring is 1. The van der Waals surface area contributed by atoms with Crippen molar-refractivity contribution in [2.24, 2.45) is 0 Å². The van der Waals surface area contributed by atoms with E-state index in [0.29, 0.717) is 32.0 Å². The van der Waals surface area contributed by atoms with Gasteiger partial charge in [-0.05, 0) is 37.8 Å². The fourth-order valence-corrected chi connectivity index (χ4v) is 3.24. The smallest absolute Gasteiger partial charge is 0.237 e. The molecule has 1 atom stereocenters. The number of benzene rings is 1. The van der Waals surface area contributed by atoms with Gasteiger partial charge in [0.2, 0.25) is 11.8 Å². The van der Waals surface area contributed by atoms with Crippen LogP contribution in [0.15, 0.2) is 24.3 Å². The Labute approximate surface area is 173 Å². The molecule has 152 valence electrons. The molecule has 1 aromatic carbocycles. The summed E-state index contributed by atoms with van der Waals surface area (Å²) in [5.74, 6) is 0.278. The molecule has 2 aliphatic rings. The molecular formula is C19H30Cl2N4O2. The van der Waals surface area contributed by atoms with E-state index in [9.17, 15) is 9.59 Å². The predicted molar refractivity (Wildman–Crippen MR) is 112 cm³/mol. The molecule has 0 radical (unpaired) electrons. The lowest BCUT2D eigenvalue weighted by Crippen LogP contribution is -2.55. The molecule has 3 rings (SSSR count). The summed E-state index contributed by atoms with van der Waals surface area (Å²) in [6.07, 6.45) is 3.36. The van der Waals surface area contributed by atoms with Crippen molar-refractivity contribution in [3.63, 3.8) is 0 Å². The molecule has 2 fully saturated rings. The predicted octanol–water partition coefficient (Wildman–Crippen LogP) is 1.86. The van der Waals surface area contributed by atoms with Crippen LogP contribution in [0.5, 0.6) is 0 Å². The minimum Gasteiger partial charge on any atom is -0.399 e. The number of piperazine rings is 1. The third-order valence-corrected chi connectivity index (χ3v) is 5.18. The SMILES string of the molecule is CC(C(=O)NC1CC1)N1CCN(C(=O)CCc2ccccc2N)CC1.Cl.Cl. The first-order chi connectivity index (χ1) is 12.0. The van der Waals surface area contributed by atoms with Crippen molar-refractivity contribution in [3.8, 4) is 0 Å². The van der Waals surface area contributed by atoms with Crippen LogP contribution in [0.3, 0.4) is 0 Å². The number of rotatable bonds is 6. The Morgan fingerprint density at radius 1 is 1.15 bits per heavy atom. The largest absolute Gasteiger partial charge is 0.399 e. The van der Waals surface area contributed by atoms with Crippen molar-refractivity contribution in [2.75, 3.05) is 31.9 Å². The Balaban J connectivity index is 0.00000182. The lowest BCUT2D eigenvalue weighted by molar-refractivity contribution is -0.134. The van der Waals surface area contributed by atoms with Crippen molar-refractivity contribution in [1.82, 2.24) is 15.1 Å². The molecule has 0 bridgehead atoms. The van der Waals surface area contributed by atoms with E-state index in [1.54, 1.807) is 0 Å². The second-order valence-corrected chi connectivity index (χ2v) is 7.07. The maximum absolute atomic E-state index is 12.4. The number of halogens is 2. The van der Waals surface area contributed by atoms with Gasteiger partial charge in [-0.15, -0.1) is 24.8 Å². The quantitative estimate of drug-likeness (QED) is 0.693. The minimum absolute atomic E-state index is 0. The molecule has 1 aliphatic carbocycles. The van der Waals surface area contributed by atoms with E-state index in [2.05, 4.69) is 10.2 Å². The van der Waals surface area contributed by atoms with Gasteiger partial charge in [-0.3, -0.25) is 14.5 Å². The van der Waals surface area contributed by atoms with E-state index < -0.39 is 0 Å². The van der Waals surface area contributed by atoms with E-state index in [1.165, 1.54) is 0 Å². The summed E-state index contributed by atoms with van der Waals surface area (Å²) in [6, 6.07) is 7.96. The number of nitrogens with zero attached hydrogens (tertiary/aromatic N) is 2. The van der Waals surface area contributed by atoms with Crippen molar-refractivity contribution in [3.05, 3.63) is 29.8 Å². The van der Waals surface area contributed by atoms with Crippen molar-refractivity contribution in [2.45, 2.75) is 44.7 Å². The molecule has 1 saturated carbocycles. The van der Waals surface area contributed by atoms with Crippen LogP contribution >= 0.6 is 24.8 Å². The van der Waals surface area contributed by atoms with Crippen molar-refractivity contribution >= 4 is 42.3 Å². The second kappa shape index (κ2) is 10.7. The zero-order valence-electron chi connectivity index (χ0n) is 15.7. The van der Waals surface area contributed by atoms with Gasteiger partial charge in [0.25, 0.3) is 0 Å². The Morgan fingerprint density at radius 3 is 2.37 bits per heavy atom. The Hall–Kier alpha value is -1.50. The van der Waals surface area contributed by atoms with E-state index in [1.807, 2.05) is 36.1 Å². The molecule has 27 heavy (non-hydrogen) atoms. The van der Waals surface area contributed by atoms with Crippen LogP contribution in [0.4, 0.5) is 5.69 Å². The first kappa shape index (κ1) is 23.5. The highest BCUT2D eigenvalue weighted by atomic mass is 35.5. The van der Waals surface area contributed by atoms with E-state index >= 15 is 0 Å². The highest BCUT2D eigenvalue weighted by molar-refractivity contribution is 5.85.